The summed E-state index contributed by atoms with van der Waals surface area (Å²) in [5.74, 6) is 4.85. The molecule has 0 bridgehead atoms. The number of nitrogens with zero attached hydrogens (tertiary/aromatic N) is 3. The maximum atomic E-state index is 14.3. The molecule has 42 heavy (non-hydrogen) atoms. The van der Waals surface area contributed by atoms with Crippen LogP contribution in [0.25, 0.3) is 0 Å². The number of likely N-dealkylation sites (tertiary alicyclic amines) is 1. The highest BCUT2D eigenvalue weighted by atomic mass is 35.5. The second kappa shape index (κ2) is 13.1. The SMILES string of the molecule is COC/C(=C(/N)COc1ccc(Cl)c2c1[C@@H](CN1C[C@H](C)CC1=O)N(C(=O)[C@@H]1CCCC[C@]1(C)C(=O)O)CC2)N(C)N. The molecule has 1 aromatic rings. The third-order valence-electron chi connectivity index (χ3n) is 9.11. The van der Waals surface area contributed by atoms with Crippen LogP contribution in [0.15, 0.2) is 23.5 Å². The van der Waals surface area contributed by atoms with Gasteiger partial charge < -0.3 is 35.1 Å². The number of carboxylic acids is 1. The molecule has 12 heteroatoms. The van der Waals surface area contributed by atoms with Gasteiger partial charge in [-0.05, 0) is 49.8 Å². The van der Waals surface area contributed by atoms with Crippen molar-refractivity contribution in [3.05, 3.63) is 39.7 Å². The summed E-state index contributed by atoms with van der Waals surface area (Å²) in [4.78, 5) is 43.2. The molecule has 2 aliphatic heterocycles. The van der Waals surface area contributed by atoms with E-state index < -0.39 is 23.3 Å². The van der Waals surface area contributed by atoms with Crippen molar-refractivity contribution in [1.82, 2.24) is 14.8 Å². The zero-order valence-electron chi connectivity index (χ0n) is 25.0. The van der Waals surface area contributed by atoms with Crippen LogP contribution in [0.2, 0.25) is 5.02 Å². The molecule has 5 N–H and O–H groups in total. The van der Waals surface area contributed by atoms with Crippen molar-refractivity contribution in [3.63, 3.8) is 0 Å². The largest absolute Gasteiger partial charge is 0.487 e. The van der Waals surface area contributed by atoms with Crippen LogP contribution in [-0.4, -0.2) is 84.7 Å². The van der Waals surface area contributed by atoms with Crippen LogP contribution >= 0.6 is 11.6 Å². The molecule has 0 unspecified atom stereocenters. The number of hydrazine groups is 1. The molecule has 1 saturated carbocycles. The van der Waals surface area contributed by atoms with E-state index in [1.54, 1.807) is 43.0 Å². The van der Waals surface area contributed by atoms with Crippen molar-refractivity contribution in [2.45, 2.75) is 58.4 Å². The molecule has 4 atom stereocenters. The van der Waals surface area contributed by atoms with E-state index in [1.165, 1.54) is 5.01 Å². The maximum absolute atomic E-state index is 14.3. The number of benzene rings is 1. The van der Waals surface area contributed by atoms with E-state index in [1.807, 2.05) is 6.92 Å². The summed E-state index contributed by atoms with van der Waals surface area (Å²) in [6.45, 7) is 5.13. The molecule has 1 saturated heterocycles. The minimum atomic E-state index is -1.16. The Morgan fingerprint density at radius 3 is 2.62 bits per heavy atom. The molecular weight excluding hydrogens is 562 g/mol. The average Bonchev–Trinajstić information content (AvgIpc) is 3.26. The van der Waals surface area contributed by atoms with E-state index in [0.29, 0.717) is 60.9 Å². The van der Waals surface area contributed by atoms with Gasteiger partial charge in [0.15, 0.2) is 0 Å². The molecule has 2 fully saturated rings. The highest BCUT2D eigenvalue weighted by Crippen LogP contribution is 2.46. The molecular formula is C30H44ClN5O6. The Balaban J connectivity index is 1.75. The molecule has 2 heterocycles. The summed E-state index contributed by atoms with van der Waals surface area (Å²) in [7, 11) is 3.21. The van der Waals surface area contributed by atoms with Crippen molar-refractivity contribution >= 4 is 29.4 Å². The predicted octanol–water partition coefficient (Wildman–Crippen LogP) is 2.92. The number of carbonyl (C=O) groups is 3. The quantitative estimate of drug-likeness (QED) is 0.270. The third-order valence-corrected chi connectivity index (χ3v) is 9.47. The van der Waals surface area contributed by atoms with E-state index in [4.69, 9.17) is 32.7 Å². The lowest BCUT2D eigenvalue weighted by atomic mass is 9.66. The van der Waals surface area contributed by atoms with Gasteiger partial charge >= 0.3 is 5.97 Å². The molecule has 0 spiro atoms. The number of halogens is 1. The Morgan fingerprint density at radius 2 is 2.00 bits per heavy atom. The highest BCUT2D eigenvalue weighted by molar-refractivity contribution is 6.31. The van der Waals surface area contributed by atoms with Gasteiger partial charge in [-0.3, -0.25) is 14.4 Å². The summed E-state index contributed by atoms with van der Waals surface area (Å²) < 4.78 is 11.5. The van der Waals surface area contributed by atoms with Gasteiger partial charge in [0.1, 0.15) is 12.4 Å². The Kier molecular flexibility index (Phi) is 9.95. The summed E-state index contributed by atoms with van der Waals surface area (Å²) in [5.41, 5.74) is 7.71. The monoisotopic (exact) mass is 605 g/mol. The number of carbonyl (C=O) groups excluding carboxylic acids is 2. The van der Waals surface area contributed by atoms with Crippen molar-refractivity contribution in [2.75, 3.05) is 47.0 Å². The highest BCUT2D eigenvalue weighted by Gasteiger charge is 2.50. The van der Waals surface area contributed by atoms with Gasteiger partial charge in [0, 0.05) is 50.8 Å². The smallest absolute Gasteiger partial charge is 0.310 e. The lowest BCUT2D eigenvalue weighted by Gasteiger charge is -2.45. The number of likely N-dealkylation sites (N-methyl/N-ethyl adjacent to an activating group) is 1. The number of hydrogen-bond donors (Lipinski definition) is 3. The summed E-state index contributed by atoms with van der Waals surface area (Å²) in [6, 6.07) is 2.96. The van der Waals surface area contributed by atoms with E-state index in [-0.39, 0.29) is 37.5 Å². The molecule has 11 nitrogen and oxygen atoms in total. The maximum Gasteiger partial charge on any atom is 0.310 e. The Bertz CT molecular complexity index is 1240. The van der Waals surface area contributed by atoms with Gasteiger partial charge in [-0.1, -0.05) is 31.4 Å². The van der Waals surface area contributed by atoms with E-state index in [2.05, 4.69) is 0 Å². The van der Waals surface area contributed by atoms with Crippen LogP contribution in [0.5, 0.6) is 5.75 Å². The van der Waals surface area contributed by atoms with Crippen molar-refractivity contribution in [3.8, 4) is 5.75 Å². The minimum Gasteiger partial charge on any atom is -0.487 e. The Morgan fingerprint density at radius 1 is 1.26 bits per heavy atom. The molecule has 0 aromatic heterocycles. The molecule has 1 aliphatic carbocycles. The van der Waals surface area contributed by atoms with Gasteiger partial charge in [-0.25, -0.2) is 5.84 Å². The standard InChI is InChI=1S/C30H44ClN5O6/c1-18-13-26(37)35(14-18)15-23-27-19(10-12-36(23)28(38)20-7-5-6-11-30(20,2)29(39)40)21(31)8-9-25(27)42-16-22(32)24(17-41-4)34(3)33/h8-9,18,20,23H,5-7,10-17,32-33H2,1-4H3,(H,39,40)/b24-22-/t18-,20+,23-,30+/m1/s1. The lowest BCUT2D eigenvalue weighted by molar-refractivity contribution is -0.162. The first-order valence-corrected chi connectivity index (χ1v) is 15.0. The number of hydrogen-bond acceptors (Lipinski definition) is 8. The third kappa shape index (κ3) is 6.33. The first-order valence-electron chi connectivity index (χ1n) is 14.6. The molecule has 4 rings (SSSR count). The van der Waals surface area contributed by atoms with Crippen LogP contribution in [0.1, 0.15) is 63.1 Å². The van der Waals surface area contributed by atoms with Crippen LogP contribution < -0.4 is 16.3 Å². The number of rotatable bonds is 10. The second-order valence-electron chi connectivity index (χ2n) is 12.2. The van der Waals surface area contributed by atoms with Gasteiger partial charge in [-0.15, -0.1) is 0 Å². The predicted molar refractivity (Wildman–Crippen MR) is 158 cm³/mol. The molecule has 1 aromatic carbocycles. The van der Waals surface area contributed by atoms with E-state index in [9.17, 15) is 19.5 Å². The van der Waals surface area contributed by atoms with Gasteiger partial charge in [0.25, 0.3) is 0 Å². The fraction of sp³-hybridized carbons (Fsp3) is 0.633. The van der Waals surface area contributed by atoms with Crippen molar-refractivity contribution in [1.29, 1.82) is 0 Å². The number of aliphatic carboxylic acids is 1. The van der Waals surface area contributed by atoms with Crippen LogP contribution in [0.3, 0.4) is 0 Å². The number of nitrogens with two attached hydrogens (primary N) is 2. The molecule has 2 amide bonds. The number of fused-ring (bicyclic) bond motifs is 1. The molecule has 0 radical (unpaired) electrons. The fourth-order valence-electron chi connectivity index (χ4n) is 6.70. The molecule has 232 valence electrons. The zero-order chi connectivity index (χ0) is 30.8. The fourth-order valence-corrected chi connectivity index (χ4v) is 6.96. The first kappa shape index (κ1) is 31.9. The summed E-state index contributed by atoms with van der Waals surface area (Å²) in [5, 5.41) is 12.1. The number of carboxylic acid groups (broad SMARTS) is 1. The number of methoxy groups -OCH3 is 1. The minimum absolute atomic E-state index is 0.00830. The lowest BCUT2D eigenvalue weighted by Crippen LogP contribution is -2.52. The number of amides is 2. The van der Waals surface area contributed by atoms with Crippen LogP contribution in [-0.2, 0) is 25.5 Å². The van der Waals surface area contributed by atoms with Crippen molar-refractivity contribution < 1.29 is 29.0 Å². The van der Waals surface area contributed by atoms with Gasteiger partial charge in [0.05, 0.1) is 35.4 Å². The van der Waals surface area contributed by atoms with Crippen LogP contribution in [0, 0.1) is 17.3 Å². The van der Waals surface area contributed by atoms with Crippen LogP contribution in [0.4, 0.5) is 0 Å². The normalized spacial score (nSPS) is 26.5. The Labute approximate surface area is 252 Å². The Hall–Kier alpha value is -3.02. The first-order chi connectivity index (χ1) is 19.9. The van der Waals surface area contributed by atoms with Gasteiger partial charge in [0.2, 0.25) is 11.8 Å². The second-order valence-corrected chi connectivity index (χ2v) is 12.6. The topological polar surface area (TPSA) is 152 Å². The van der Waals surface area contributed by atoms with Gasteiger partial charge in [-0.2, -0.15) is 0 Å². The molecule has 3 aliphatic rings. The average molecular weight is 606 g/mol. The zero-order valence-corrected chi connectivity index (χ0v) is 25.8. The summed E-state index contributed by atoms with van der Waals surface area (Å²) >= 11 is 6.72. The van der Waals surface area contributed by atoms with E-state index in [0.717, 1.165) is 24.0 Å². The van der Waals surface area contributed by atoms with E-state index >= 15 is 0 Å². The summed E-state index contributed by atoms with van der Waals surface area (Å²) in [6.07, 6.45) is 3.43. The van der Waals surface area contributed by atoms with Crippen molar-refractivity contribution in [2.24, 2.45) is 28.8 Å². The number of ether oxygens (including phenoxy) is 2.